The van der Waals surface area contributed by atoms with Gasteiger partial charge in [-0.3, -0.25) is 14.0 Å². The molecular weight excluding hydrogens is 418 g/mol. The van der Waals surface area contributed by atoms with Crippen molar-refractivity contribution in [1.29, 1.82) is 0 Å². The summed E-state index contributed by atoms with van der Waals surface area (Å²) in [6.45, 7) is 7.06. The summed E-state index contributed by atoms with van der Waals surface area (Å²) in [5, 5.41) is 3.03. The van der Waals surface area contributed by atoms with Crippen molar-refractivity contribution in [3.05, 3.63) is 53.0 Å². The van der Waals surface area contributed by atoms with E-state index in [0.717, 1.165) is 30.2 Å². The maximum absolute atomic E-state index is 12.9. The molecule has 1 N–H and O–H groups in total. The molecule has 0 saturated carbocycles. The van der Waals surface area contributed by atoms with E-state index in [1.54, 1.807) is 18.2 Å². The Balaban J connectivity index is 1.49. The van der Waals surface area contributed by atoms with Crippen LogP contribution in [0.4, 0.5) is 5.69 Å². The Kier molecular flexibility index (Phi) is 6.09. The van der Waals surface area contributed by atoms with E-state index in [2.05, 4.69) is 10.2 Å². The van der Waals surface area contributed by atoms with Crippen LogP contribution in [0.3, 0.4) is 0 Å². The molecule has 1 aromatic carbocycles. The minimum atomic E-state index is -3.35. The highest BCUT2D eigenvalue weighted by Gasteiger charge is 2.33. The molecule has 0 bridgehead atoms. The Morgan fingerprint density at radius 1 is 1.23 bits per heavy atom. The van der Waals surface area contributed by atoms with Crippen LogP contribution >= 0.6 is 0 Å². The van der Waals surface area contributed by atoms with Crippen molar-refractivity contribution in [3.63, 3.8) is 0 Å². The third-order valence-corrected chi connectivity index (χ3v) is 7.16. The van der Waals surface area contributed by atoms with Gasteiger partial charge in [0.25, 0.3) is 5.91 Å². The predicted octanol–water partition coefficient (Wildman–Crippen LogP) is 2.10. The Morgan fingerprint density at radius 3 is 2.61 bits per heavy atom. The Morgan fingerprint density at radius 2 is 1.97 bits per heavy atom. The van der Waals surface area contributed by atoms with Crippen LogP contribution in [0.5, 0.6) is 0 Å². The van der Waals surface area contributed by atoms with Crippen molar-refractivity contribution < 1.29 is 22.4 Å². The van der Waals surface area contributed by atoms with Gasteiger partial charge in [-0.1, -0.05) is 0 Å². The van der Waals surface area contributed by atoms with Gasteiger partial charge in [0.15, 0.2) is 0 Å². The van der Waals surface area contributed by atoms with Gasteiger partial charge in [0, 0.05) is 31.2 Å². The second kappa shape index (κ2) is 8.64. The Hall–Kier alpha value is -2.36. The van der Waals surface area contributed by atoms with Crippen molar-refractivity contribution in [2.45, 2.75) is 32.4 Å². The topological polar surface area (TPSA) is 92.1 Å². The van der Waals surface area contributed by atoms with Gasteiger partial charge in [-0.2, -0.15) is 0 Å². The molecule has 168 valence electrons. The third kappa shape index (κ3) is 4.63. The van der Waals surface area contributed by atoms with E-state index in [0.29, 0.717) is 37.4 Å². The van der Waals surface area contributed by atoms with Gasteiger partial charge >= 0.3 is 0 Å². The second-order valence-corrected chi connectivity index (χ2v) is 10.1. The van der Waals surface area contributed by atoms with Gasteiger partial charge in [-0.25, -0.2) is 8.42 Å². The molecule has 1 saturated heterocycles. The number of carbonyl (C=O) groups is 1. The van der Waals surface area contributed by atoms with Crippen molar-refractivity contribution >= 4 is 21.6 Å². The minimum Gasteiger partial charge on any atom is -0.465 e. The highest BCUT2D eigenvalue weighted by Crippen LogP contribution is 2.34. The number of nitrogens with zero attached hydrogens (tertiary/aromatic N) is 2. The molecule has 31 heavy (non-hydrogen) atoms. The van der Waals surface area contributed by atoms with Crippen LogP contribution in [0, 0.1) is 6.92 Å². The molecule has 0 radical (unpaired) electrons. The number of ether oxygens (including phenoxy) is 1. The molecule has 0 spiro atoms. The molecule has 0 unspecified atom stereocenters. The van der Waals surface area contributed by atoms with Crippen LogP contribution < -0.4 is 9.62 Å². The first-order valence-corrected chi connectivity index (χ1v) is 12.4. The average Bonchev–Trinajstić information content (AvgIpc) is 3.30. The number of sulfonamides is 1. The number of anilines is 1. The van der Waals surface area contributed by atoms with E-state index in [9.17, 15) is 13.2 Å². The number of nitrogens with one attached hydrogen (secondary N) is 1. The standard InChI is InChI=1S/C22H29N3O5S/c1-15-12-18-13-17(5-6-19(18)25(15)31(3,27)28)22(26)23-14-20(21-7-4-16(2)30-21)24-8-10-29-11-9-24/h4-7,13,15,20H,8-12,14H2,1-3H3,(H,23,26)/t15-,20-/m1/s1. The van der Waals surface area contributed by atoms with E-state index < -0.39 is 10.0 Å². The van der Waals surface area contributed by atoms with Crippen LogP contribution in [0.15, 0.2) is 34.7 Å². The van der Waals surface area contributed by atoms with Crippen LogP contribution in [0.2, 0.25) is 0 Å². The first-order chi connectivity index (χ1) is 14.7. The predicted molar refractivity (Wildman–Crippen MR) is 118 cm³/mol. The van der Waals surface area contributed by atoms with Gasteiger partial charge in [-0.15, -0.1) is 0 Å². The lowest BCUT2D eigenvalue weighted by molar-refractivity contribution is 0.0117. The van der Waals surface area contributed by atoms with Gasteiger partial charge in [0.05, 0.1) is 31.2 Å². The summed E-state index contributed by atoms with van der Waals surface area (Å²) >= 11 is 0. The first kappa shape index (κ1) is 21.9. The van der Waals surface area contributed by atoms with Crippen molar-refractivity contribution in [1.82, 2.24) is 10.2 Å². The molecule has 1 aromatic heterocycles. The lowest BCUT2D eigenvalue weighted by Gasteiger charge is -2.33. The zero-order valence-corrected chi connectivity index (χ0v) is 18.9. The maximum atomic E-state index is 12.9. The molecular formula is C22H29N3O5S. The van der Waals surface area contributed by atoms with Gasteiger partial charge in [0.1, 0.15) is 11.5 Å². The van der Waals surface area contributed by atoms with E-state index in [1.807, 2.05) is 26.0 Å². The molecule has 0 aliphatic carbocycles. The second-order valence-electron chi connectivity index (χ2n) is 8.28. The number of hydrogen-bond acceptors (Lipinski definition) is 6. The van der Waals surface area contributed by atoms with Crippen LogP contribution in [0.25, 0.3) is 0 Å². The summed E-state index contributed by atoms with van der Waals surface area (Å²) in [5.41, 5.74) is 2.05. The van der Waals surface area contributed by atoms with Crippen molar-refractivity contribution in [3.8, 4) is 0 Å². The molecule has 1 amide bonds. The number of morpholine rings is 1. The molecule has 2 aliphatic rings. The monoisotopic (exact) mass is 447 g/mol. The largest absolute Gasteiger partial charge is 0.465 e. The normalized spacial score (nSPS) is 20.5. The van der Waals surface area contributed by atoms with E-state index >= 15 is 0 Å². The fraction of sp³-hybridized carbons (Fsp3) is 0.500. The van der Waals surface area contributed by atoms with Crippen molar-refractivity contribution in [2.24, 2.45) is 0 Å². The lowest BCUT2D eigenvalue weighted by atomic mass is 10.1. The minimum absolute atomic E-state index is 0.0725. The molecule has 2 atom stereocenters. The fourth-order valence-corrected chi connectivity index (χ4v) is 5.74. The number of hydrogen-bond donors (Lipinski definition) is 1. The maximum Gasteiger partial charge on any atom is 0.251 e. The number of fused-ring (bicyclic) bond motifs is 1. The molecule has 3 heterocycles. The number of rotatable bonds is 6. The highest BCUT2D eigenvalue weighted by atomic mass is 32.2. The summed E-state index contributed by atoms with van der Waals surface area (Å²) in [4.78, 5) is 15.2. The van der Waals surface area contributed by atoms with Gasteiger partial charge in [-0.05, 0) is 56.2 Å². The summed E-state index contributed by atoms with van der Waals surface area (Å²) < 4.78 is 37.0. The molecule has 8 nitrogen and oxygen atoms in total. The molecule has 9 heteroatoms. The third-order valence-electron chi connectivity index (χ3n) is 5.88. The summed E-state index contributed by atoms with van der Waals surface area (Å²) in [6, 6.07) is 8.87. The van der Waals surface area contributed by atoms with Crippen LogP contribution in [-0.2, 0) is 21.2 Å². The van der Waals surface area contributed by atoms with Crippen LogP contribution in [0.1, 0.15) is 40.4 Å². The molecule has 2 aromatic rings. The number of aryl methyl sites for hydroxylation is 1. The molecule has 4 rings (SSSR count). The molecule has 2 aliphatic heterocycles. The number of furan rings is 1. The highest BCUT2D eigenvalue weighted by molar-refractivity contribution is 7.92. The van der Waals surface area contributed by atoms with E-state index in [1.165, 1.54) is 10.6 Å². The quantitative estimate of drug-likeness (QED) is 0.729. The van der Waals surface area contributed by atoms with Gasteiger partial charge in [0.2, 0.25) is 10.0 Å². The Labute approximate surface area is 183 Å². The smallest absolute Gasteiger partial charge is 0.251 e. The summed E-state index contributed by atoms with van der Waals surface area (Å²) in [5.74, 6) is 1.48. The molecule has 1 fully saturated rings. The van der Waals surface area contributed by atoms with Gasteiger partial charge < -0.3 is 14.5 Å². The zero-order chi connectivity index (χ0) is 22.2. The number of amides is 1. The fourth-order valence-electron chi connectivity index (χ4n) is 4.47. The lowest BCUT2D eigenvalue weighted by Crippen LogP contribution is -2.43. The first-order valence-electron chi connectivity index (χ1n) is 10.5. The number of carbonyl (C=O) groups excluding carboxylic acids is 1. The van der Waals surface area contributed by atoms with Crippen molar-refractivity contribution in [2.75, 3.05) is 43.4 Å². The summed E-state index contributed by atoms with van der Waals surface area (Å²) in [6.07, 6.45) is 1.80. The average molecular weight is 448 g/mol. The zero-order valence-electron chi connectivity index (χ0n) is 18.1. The Bertz CT molecular complexity index is 1060. The van der Waals surface area contributed by atoms with E-state index in [4.69, 9.17) is 9.15 Å². The van der Waals surface area contributed by atoms with Crippen LogP contribution in [-0.4, -0.2) is 64.4 Å². The number of benzene rings is 1. The van der Waals surface area contributed by atoms with E-state index in [-0.39, 0.29) is 18.0 Å². The summed E-state index contributed by atoms with van der Waals surface area (Å²) in [7, 11) is -3.35. The SMILES string of the molecule is Cc1ccc([C@@H](CNC(=O)c2ccc3c(c2)C[C@@H](C)N3S(C)(=O)=O)N2CCOCC2)o1.